The second kappa shape index (κ2) is 21.1. The van der Waals surface area contributed by atoms with Gasteiger partial charge in [0.15, 0.2) is 0 Å². The van der Waals surface area contributed by atoms with Crippen LogP contribution >= 0.6 is 0 Å². The van der Waals surface area contributed by atoms with Crippen molar-refractivity contribution in [3.63, 3.8) is 0 Å². The van der Waals surface area contributed by atoms with E-state index in [9.17, 15) is 8.22 Å². The van der Waals surface area contributed by atoms with Crippen molar-refractivity contribution in [3.8, 4) is 61.7 Å². The molecule has 7 heteroatoms. The molecule has 14 aromatic carbocycles. The van der Waals surface area contributed by atoms with Gasteiger partial charge in [-0.15, -0.1) is 0 Å². The van der Waals surface area contributed by atoms with E-state index in [-0.39, 0.29) is 51.4 Å². The Morgan fingerprint density at radius 2 is 0.867 bits per heavy atom. The first-order valence-electron chi connectivity index (χ1n) is 37.8. The first kappa shape index (κ1) is 48.8. The van der Waals surface area contributed by atoms with Crippen molar-refractivity contribution in [2.24, 2.45) is 0 Å². The number of rotatable bonds is 7. The average molecular weight is 1260 g/mol. The molecule has 5 aliphatic rings. The largest absolute Gasteiger partial charge is 0.458 e. The van der Waals surface area contributed by atoms with Crippen molar-refractivity contribution in [1.82, 2.24) is 4.57 Å². The molecule has 98 heavy (non-hydrogen) atoms. The molecule has 4 aliphatic heterocycles. The highest BCUT2D eigenvalue weighted by Crippen LogP contribution is 2.56. The molecular weight excluding hydrogens is 1190 g/mol. The molecule has 0 saturated carbocycles. The first-order valence-corrected chi connectivity index (χ1v) is 33.8. The summed E-state index contributed by atoms with van der Waals surface area (Å²) in [5.41, 5.74) is 27.0. The zero-order chi connectivity index (χ0) is 72.2. The van der Waals surface area contributed by atoms with Gasteiger partial charge in [0.05, 0.1) is 33.4 Å². The molecule has 0 fully saturated rings. The van der Waals surface area contributed by atoms with E-state index in [0.717, 1.165) is 123 Å². The number of ether oxygens (including phenoxy) is 1. The number of fused-ring (bicyclic) bond motifs is 14. The molecule has 0 saturated heterocycles. The second-order valence-corrected chi connectivity index (χ2v) is 28.1. The van der Waals surface area contributed by atoms with Gasteiger partial charge in [-0.2, -0.15) is 0 Å². The number of para-hydroxylation sites is 6. The molecule has 1 aromatic heterocycles. The smallest absolute Gasteiger partial charge is 0.256 e. The lowest BCUT2D eigenvalue weighted by Crippen LogP contribution is -2.64. The highest BCUT2D eigenvalue weighted by molar-refractivity contribution is 7.02. The molecule has 0 spiro atoms. The molecule has 462 valence electrons. The van der Waals surface area contributed by atoms with Crippen LogP contribution in [0.4, 0.5) is 51.2 Å². The summed E-state index contributed by atoms with van der Waals surface area (Å²) in [4.78, 5) is 7.10. The third-order valence-corrected chi connectivity index (χ3v) is 21.3. The Morgan fingerprint density at radius 1 is 0.367 bits per heavy atom. The van der Waals surface area contributed by atoms with Gasteiger partial charge in [-0.3, -0.25) is 0 Å². The maximum atomic E-state index is 9.75. The van der Waals surface area contributed by atoms with Crippen LogP contribution in [-0.2, 0) is 10.8 Å². The minimum atomic E-state index is -0.500. The Bertz CT molecular complexity index is 6200. The summed E-state index contributed by atoms with van der Waals surface area (Å²) in [6.45, 7) is 10.8. The van der Waals surface area contributed by atoms with E-state index < -0.39 is 43.0 Å². The van der Waals surface area contributed by atoms with E-state index in [1.807, 2.05) is 48.5 Å². The van der Waals surface area contributed by atoms with Crippen LogP contribution in [0.1, 0.15) is 62.3 Å². The second-order valence-electron chi connectivity index (χ2n) is 28.1. The number of hydrogen-bond acceptors (Lipinski definition) is 4. The number of nitrogens with zero attached hydrogens (tertiary/aromatic N) is 4. The monoisotopic (exact) mass is 1260 g/mol. The summed E-state index contributed by atoms with van der Waals surface area (Å²) in [7, 11) is 0. The fourth-order valence-corrected chi connectivity index (χ4v) is 17.1. The summed E-state index contributed by atoms with van der Waals surface area (Å²) in [5, 5.41) is 0.0143. The van der Waals surface area contributed by atoms with Gasteiger partial charge < -0.3 is 24.0 Å². The third-order valence-electron chi connectivity index (χ3n) is 21.3. The lowest BCUT2D eigenvalue weighted by molar-refractivity contribution is 0.488. The Hall–Kier alpha value is -11.8. The molecule has 0 atom stereocenters. The first-order chi connectivity index (χ1) is 51.4. The van der Waals surface area contributed by atoms with Crippen LogP contribution in [0.25, 0.3) is 72.0 Å². The standard InChI is InChI=1S/C91H66B2N4O/c1-90(2,3)60-51-69(57-29-10-6-11-30-57)89(70(52-60)58-31-12-7-13-32-58)97-79-48-27-23-44-73(79)93-75-55-74-80(56-84(75)98-85-50-59(49-81(97)88(85)93)64-40-28-41-68-65-37-18-21-42-71(65)91(4,5)86(64)68)95(62-35-16-9-17-36-62)83-54-63(96-76-45-24-19-38-66(76)67-39-20-25-46-77(67)96)53-82-87(83)92(74)72-43-22-26-47-78(72)94(82)61-33-14-8-15-34-61/h6-56H,1-5H3/i19D,20D,24D,25D,38D,39D,45D,46D. The van der Waals surface area contributed by atoms with Gasteiger partial charge in [0.25, 0.3) is 13.4 Å². The molecule has 0 N–H and O–H groups in total. The fraction of sp³-hybridized carbons (Fsp3) is 0.0769. The SMILES string of the molecule is [2H]c1c([2H])c([2H])c2c(c1[2H])c1c([2H])c([2H])c([2H])c([2H])c1n2-c1cc2c3c(c1)N(c1ccccc1)c1cc4c(cc1B3c1ccccc1N2c1ccccc1)B1c2ccccc2N(c2c(-c3ccccc3)cc(C(C)(C)C)cc2-c2ccccc2)c2cc(-c3cccc5c3C(C)(C)c3ccccc3-5)cc(c21)O4. The minimum Gasteiger partial charge on any atom is -0.458 e. The summed E-state index contributed by atoms with van der Waals surface area (Å²) in [5.74, 6) is 1.42. The van der Waals surface area contributed by atoms with E-state index in [1.165, 1.54) is 27.8 Å². The van der Waals surface area contributed by atoms with Crippen molar-refractivity contribution >= 4 is 119 Å². The van der Waals surface area contributed by atoms with Crippen LogP contribution in [0, 0.1) is 0 Å². The maximum Gasteiger partial charge on any atom is 0.256 e. The maximum absolute atomic E-state index is 9.75. The normalized spacial score (nSPS) is 15.2. The Kier molecular flexibility index (Phi) is 10.5. The van der Waals surface area contributed by atoms with Crippen LogP contribution in [0.15, 0.2) is 309 Å². The highest BCUT2D eigenvalue weighted by atomic mass is 16.5. The van der Waals surface area contributed by atoms with E-state index in [0.29, 0.717) is 11.4 Å². The molecule has 0 bridgehead atoms. The minimum absolute atomic E-state index is 0.00714. The van der Waals surface area contributed by atoms with Crippen molar-refractivity contribution in [3.05, 3.63) is 326 Å². The molecule has 0 amide bonds. The van der Waals surface area contributed by atoms with Crippen LogP contribution in [-0.4, -0.2) is 18.0 Å². The van der Waals surface area contributed by atoms with Gasteiger partial charge in [0, 0.05) is 78.9 Å². The molecule has 0 unspecified atom stereocenters. The Labute approximate surface area is 584 Å². The Balaban J connectivity index is 0.896. The molecule has 5 nitrogen and oxygen atoms in total. The molecule has 20 rings (SSSR count). The lowest BCUT2D eigenvalue weighted by Gasteiger charge is -2.46. The van der Waals surface area contributed by atoms with E-state index >= 15 is 0 Å². The molecule has 5 heterocycles. The number of benzene rings is 14. The molecule has 15 aromatic rings. The zero-order valence-corrected chi connectivity index (χ0v) is 54.7. The van der Waals surface area contributed by atoms with Gasteiger partial charge >= 0.3 is 0 Å². The van der Waals surface area contributed by atoms with Gasteiger partial charge in [0.2, 0.25) is 0 Å². The lowest BCUT2D eigenvalue weighted by atomic mass is 9.30. The predicted octanol–water partition coefficient (Wildman–Crippen LogP) is 19.9. The zero-order valence-electron chi connectivity index (χ0n) is 62.7. The summed E-state index contributed by atoms with van der Waals surface area (Å²) in [6.07, 6.45) is 0. The summed E-state index contributed by atoms with van der Waals surface area (Å²) < 4.78 is 84.5. The van der Waals surface area contributed by atoms with Crippen molar-refractivity contribution in [2.75, 3.05) is 14.7 Å². The van der Waals surface area contributed by atoms with Crippen molar-refractivity contribution in [1.29, 1.82) is 0 Å². The van der Waals surface area contributed by atoms with Gasteiger partial charge in [0.1, 0.15) is 11.5 Å². The van der Waals surface area contributed by atoms with E-state index in [1.54, 1.807) is 4.57 Å². The Morgan fingerprint density at radius 3 is 1.48 bits per heavy atom. The average Bonchev–Trinajstić information content (AvgIpc) is 0.953. The molecular formula is C91H66B2N4O. The fourth-order valence-electron chi connectivity index (χ4n) is 17.1. The third kappa shape index (κ3) is 8.17. The van der Waals surface area contributed by atoms with Crippen LogP contribution in [0.2, 0.25) is 0 Å². The van der Waals surface area contributed by atoms with Crippen molar-refractivity contribution < 1.29 is 15.7 Å². The van der Waals surface area contributed by atoms with Crippen LogP contribution in [0.3, 0.4) is 0 Å². The van der Waals surface area contributed by atoms with E-state index in [2.05, 4.69) is 262 Å². The van der Waals surface area contributed by atoms with Crippen LogP contribution in [0.5, 0.6) is 11.5 Å². The highest BCUT2D eigenvalue weighted by Gasteiger charge is 2.49. The van der Waals surface area contributed by atoms with Gasteiger partial charge in [-0.1, -0.05) is 253 Å². The number of anilines is 9. The molecule has 0 radical (unpaired) electrons. The summed E-state index contributed by atoms with van der Waals surface area (Å²) >= 11 is 0. The number of hydrogen-bond donors (Lipinski definition) is 0. The summed E-state index contributed by atoms with van der Waals surface area (Å²) in [6, 6.07) is 90.2. The number of aromatic nitrogens is 1. The van der Waals surface area contributed by atoms with Crippen LogP contribution < -0.4 is 52.2 Å². The predicted molar refractivity (Wildman–Crippen MR) is 413 cm³/mol. The molecule has 1 aliphatic carbocycles. The van der Waals surface area contributed by atoms with Gasteiger partial charge in [-0.05, 0) is 173 Å². The topological polar surface area (TPSA) is 23.9 Å². The quantitative estimate of drug-likeness (QED) is 0.148. The van der Waals surface area contributed by atoms with E-state index in [4.69, 9.17) is 7.48 Å². The van der Waals surface area contributed by atoms with Gasteiger partial charge in [-0.25, -0.2) is 0 Å². The van der Waals surface area contributed by atoms with Crippen molar-refractivity contribution in [2.45, 2.75) is 45.4 Å².